The van der Waals surface area contributed by atoms with E-state index in [2.05, 4.69) is 26.0 Å². The van der Waals surface area contributed by atoms with Gasteiger partial charge in [-0.05, 0) is 42.2 Å². The highest BCUT2D eigenvalue weighted by Crippen LogP contribution is 2.15. The maximum atomic E-state index is 9.88. The number of hydrogen-bond donors (Lipinski definition) is 1. The fourth-order valence-corrected chi connectivity index (χ4v) is 2.69. The zero-order valence-electron chi connectivity index (χ0n) is 11.6. The Balaban J connectivity index is 2.22. The Morgan fingerprint density at radius 1 is 1.17 bits per heavy atom. The van der Waals surface area contributed by atoms with Crippen LogP contribution in [0.25, 0.3) is 0 Å². The van der Waals surface area contributed by atoms with Crippen molar-refractivity contribution >= 4 is 11.8 Å². The number of aliphatic hydroxyl groups is 1. The van der Waals surface area contributed by atoms with Crippen LogP contribution in [0.5, 0.6) is 5.75 Å². The molecule has 0 saturated carbocycles. The van der Waals surface area contributed by atoms with Crippen molar-refractivity contribution in [3.8, 4) is 5.75 Å². The first kappa shape index (κ1) is 15.4. The third kappa shape index (κ3) is 6.31. The van der Waals surface area contributed by atoms with Gasteiger partial charge in [0.15, 0.2) is 0 Å². The minimum absolute atomic E-state index is 0.198. The van der Waals surface area contributed by atoms with Gasteiger partial charge < -0.3 is 9.84 Å². The van der Waals surface area contributed by atoms with E-state index in [1.807, 2.05) is 23.9 Å². The van der Waals surface area contributed by atoms with Crippen LogP contribution in [0.1, 0.15) is 25.8 Å². The first-order valence-corrected chi connectivity index (χ1v) is 7.66. The summed E-state index contributed by atoms with van der Waals surface area (Å²) < 4.78 is 5.12. The topological polar surface area (TPSA) is 29.5 Å². The smallest absolute Gasteiger partial charge is 0.118 e. The fourth-order valence-electron chi connectivity index (χ4n) is 1.65. The lowest BCUT2D eigenvalue weighted by molar-refractivity contribution is 0.189. The monoisotopic (exact) mass is 268 g/mol. The molecular formula is C15H24O2S. The minimum atomic E-state index is -0.198. The molecule has 0 fully saturated rings. The average Bonchev–Trinajstić information content (AvgIpc) is 2.36. The van der Waals surface area contributed by atoms with Crippen molar-refractivity contribution in [1.82, 2.24) is 0 Å². The van der Waals surface area contributed by atoms with Gasteiger partial charge >= 0.3 is 0 Å². The van der Waals surface area contributed by atoms with Gasteiger partial charge in [-0.2, -0.15) is 11.8 Å². The summed E-state index contributed by atoms with van der Waals surface area (Å²) in [5.41, 5.74) is 1.25. The molecule has 0 aliphatic heterocycles. The summed E-state index contributed by atoms with van der Waals surface area (Å²) >= 11 is 1.84. The van der Waals surface area contributed by atoms with E-state index in [0.717, 1.165) is 30.1 Å². The molecular weight excluding hydrogens is 244 g/mol. The third-order valence-electron chi connectivity index (χ3n) is 2.69. The van der Waals surface area contributed by atoms with Crippen molar-refractivity contribution in [2.45, 2.75) is 32.8 Å². The summed E-state index contributed by atoms with van der Waals surface area (Å²) in [4.78, 5) is 0. The summed E-state index contributed by atoms with van der Waals surface area (Å²) in [5.74, 6) is 3.55. The summed E-state index contributed by atoms with van der Waals surface area (Å²) in [6.07, 6.45) is 1.56. The Morgan fingerprint density at radius 2 is 1.83 bits per heavy atom. The summed E-state index contributed by atoms with van der Waals surface area (Å²) in [7, 11) is 1.67. The standard InChI is InChI=1S/C15H24O2S/c1-12(2)10-18-11-14(16)7-4-13-5-8-15(17-3)9-6-13/h5-6,8-9,12,14,16H,4,7,10-11H2,1-3H3. The molecule has 0 saturated heterocycles. The molecule has 1 aromatic rings. The van der Waals surface area contributed by atoms with Crippen LogP contribution in [0.15, 0.2) is 24.3 Å². The molecule has 0 radical (unpaired) electrons. The van der Waals surface area contributed by atoms with Crippen molar-refractivity contribution in [3.63, 3.8) is 0 Å². The quantitative estimate of drug-likeness (QED) is 0.784. The van der Waals surface area contributed by atoms with Gasteiger partial charge in [0.1, 0.15) is 5.75 Å². The third-order valence-corrected chi connectivity index (χ3v) is 4.21. The molecule has 3 heteroatoms. The average molecular weight is 268 g/mol. The summed E-state index contributed by atoms with van der Waals surface area (Å²) in [6.45, 7) is 4.41. The predicted molar refractivity (Wildman–Crippen MR) is 79.5 cm³/mol. The Kier molecular flexibility index (Phi) is 7.21. The highest BCUT2D eigenvalue weighted by molar-refractivity contribution is 7.99. The summed E-state index contributed by atoms with van der Waals surface area (Å²) in [5, 5.41) is 9.88. The molecule has 0 aromatic heterocycles. The second-order valence-corrected chi connectivity index (χ2v) is 6.05. The number of ether oxygens (including phenoxy) is 1. The van der Waals surface area contributed by atoms with Gasteiger partial charge in [0.05, 0.1) is 13.2 Å². The molecule has 18 heavy (non-hydrogen) atoms. The zero-order valence-corrected chi connectivity index (χ0v) is 12.4. The van der Waals surface area contributed by atoms with E-state index in [0.29, 0.717) is 5.92 Å². The highest BCUT2D eigenvalue weighted by atomic mass is 32.2. The molecule has 0 heterocycles. The lowest BCUT2D eigenvalue weighted by atomic mass is 10.1. The maximum absolute atomic E-state index is 9.88. The molecule has 1 rings (SSSR count). The molecule has 1 aromatic carbocycles. The van der Waals surface area contributed by atoms with Gasteiger partial charge in [-0.1, -0.05) is 26.0 Å². The predicted octanol–water partition coefficient (Wildman–Crippen LogP) is 3.38. The maximum Gasteiger partial charge on any atom is 0.118 e. The lowest BCUT2D eigenvalue weighted by Gasteiger charge is -2.11. The van der Waals surface area contributed by atoms with Crippen molar-refractivity contribution in [3.05, 3.63) is 29.8 Å². The second-order valence-electron chi connectivity index (χ2n) is 4.97. The first-order chi connectivity index (χ1) is 8.61. The zero-order chi connectivity index (χ0) is 13.4. The number of rotatable bonds is 8. The largest absolute Gasteiger partial charge is 0.497 e. The Bertz CT molecular complexity index is 322. The Morgan fingerprint density at radius 3 is 2.39 bits per heavy atom. The van der Waals surface area contributed by atoms with Gasteiger partial charge in [-0.25, -0.2) is 0 Å². The van der Waals surface area contributed by atoms with E-state index in [-0.39, 0.29) is 6.10 Å². The highest BCUT2D eigenvalue weighted by Gasteiger charge is 2.05. The van der Waals surface area contributed by atoms with Crippen molar-refractivity contribution < 1.29 is 9.84 Å². The number of benzene rings is 1. The number of methoxy groups -OCH3 is 1. The van der Waals surface area contributed by atoms with Crippen LogP contribution in [0.3, 0.4) is 0 Å². The SMILES string of the molecule is COc1ccc(CCC(O)CSCC(C)C)cc1. The fraction of sp³-hybridized carbons (Fsp3) is 0.600. The molecule has 2 nitrogen and oxygen atoms in total. The molecule has 0 aliphatic carbocycles. The van der Waals surface area contributed by atoms with Crippen molar-refractivity contribution in [1.29, 1.82) is 0 Å². The van der Waals surface area contributed by atoms with Gasteiger partial charge in [-0.3, -0.25) is 0 Å². The normalized spacial score (nSPS) is 12.7. The number of aryl methyl sites for hydroxylation is 1. The number of hydrogen-bond acceptors (Lipinski definition) is 3. The number of aliphatic hydroxyl groups excluding tert-OH is 1. The molecule has 0 aliphatic rings. The molecule has 0 bridgehead atoms. The lowest BCUT2D eigenvalue weighted by Crippen LogP contribution is -2.12. The van der Waals surface area contributed by atoms with E-state index < -0.39 is 0 Å². The van der Waals surface area contributed by atoms with Crippen LogP contribution in [0, 0.1) is 5.92 Å². The van der Waals surface area contributed by atoms with Crippen molar-refractivity contribution in [2.24, 2.45) is 5.92 Å². The van der Waals surface area contributed by atoms with Crippen molar-refractivity contribution in [2.75, 3.05) is 18.6 Å². The van der Waals surface area contributed by atoms with Crippen LogP contribution in [-0.2, 0) is 6.42 Å². The molecule has 0 amide bonds. The second kappa shape index (κ2) is 8.44. The molecule has 102 valence electrons. The van der Waals surface area contributed by atoms with Gasteiger partial charge in [-0.15, -0.1) is 0 Å². The Hall–Kier alpha value is -0.670. The van der Waals surface area contributed by atoms with Gasteiger partial charge in [0.2, 0.25) is 0 Å². The van der Waals surface area contributed by atoms with Crippen LogP contribution in [0.4, 0.5) is 0 Å². The molecule has 0 spiro atoms. The van der Waals surface area contributed by atoms with Gasteiger partial charge in [0.25, 0.3) is 0 Å². The Labute approximate surface area is 115 Å². The minimum Gasteiger partial charge on any atom is -0.497 e. The van der Waals surface area contributed by atoms with E-state index >= 15 is 0 Å². The molecule has 1 unspecified atom stereocenters. The molecule has 1 atom stereocenters. The molecule has 1 N–H and O–H groups in total. The van der Waals surface area contributed by atoms with Gasteiger partial charge in [0, 0.05) is 5.75 Å². The van der Waals surface area contributed by atoms with E-state index in [4.69, 9.17) is 4.74 Å². The van der Waals surface area contributed by atoms with Crippen LogP contribution < -0.4 is 4.74 Å². The number of thioether (sulfide) groups is 1. The van der Waals surface area contributed by atoms with Crippen LogP contribution in [-0.4, -0.2) is 29.8 Å². The van der Waals surface area contributed by atoms with Crippen LogP contribution in [0.2, 0.25) is 0 Å². The van der Waals surface area contributed by atoms with E-state index in [1.54, 1.807) is 7.11 Å². The van der Waals surface area contributed by atoms with E-state index in [9.17, 15) is 5.11 Å². The summed E-state index contributed by atoms with van der Waals surface area (Å²) in [6, 6.07) is 8.06. The van der Waals surface area contributed by atoms with E-state index in [1.165, 1.54) is 5.56 Å². The van der Waals surface area contributed by atoms with Crippen LogP contribution >= 0.6 is 11.8 Å². The first-order valence-electron chi connectivity index (χ1n) is 6.50.